The average molecular weight is 246 g/mol. The number of rotatable bonds is 4. The Labute approximate surface area is 109 Å². The highest BCUT2D eigenvalue weighted by atomic mass is 15.2. The number of nitrogens with zero attached hydrogens (tertiary/aromatic N) is 3. The molecule has 3 rings (SSSR count). The molecule has 0 spiro atoms. The number of anilines is 1. The Balaban J connectivity index is 1.61. The van der Waals surface area contributed by atoms with Gasteiger partial charge in [-0.05, 0) is 39.0 Å². The van der Waals surface area contributed by atoms with Crippen molar-refractivity contribution in [2.45, 2.75) is 57.7 Å². The fourth-order valence-corrected chi connectivity index (χ4v) is 2.56. The molecule has 1 saturated heterocycles. The molecule has 1 saturated carbocycles. The zero-order chi connectivity index (χ0) is 12.4. The van der Waals surface area contributed by atoms with Gasteiger partial charge >= 0.3 is 0 Å². The van der Waals surface area contributed by atoms with Gasteiger partial charge < -0.3 is 10.2 Å². The van der Waals surface area contributed by atoms with Crippen molar-refractivity contribution >= 4 is 5.82 Å². The minimum Gasteiger partial charge on any atom is -0.353 e. The van der Waals surface area contributed by atoms with Gasteiger partial charge in [0.2, 0.25) is 0 Å². The van der Waals surface area contributed by atoms with E-state index >= 15 is 0 Å². The Kier molecular flexibility index (Phi) is 3.46. The molecule has 1 aliphatic heterocycles. The van der Waals surface area contributed by atoms with E-state index in [4.69, 9.17) is 0 Å². The monoisotopic (exact) mass is 246 g/mol. The minimum atomic E-state index is 0.600. The second-order valence-corrected chi connectivity index (χ2v) is 5.56. The second-order valence-electron chi connectivity index (χ2n) is 5.56. The first-order chi connectivity index (χ1) is 8.83. The van der Waals surface area contributed by atoms with Crippen molar-refractivity contribution in [2.24, 2.45) is 0 Å². The van der Waals surface area contributed by atoms with Crippen molar-refractivity contribution in [1.82, 2.24) is 15.3 Å². The second kappa shape index (κ2) is 5.22. The smallest absolute Gasteiger partial charge is 0.147 e. The van der Waals surface area contributed by atoms with Crippen LogP contribution in [0, 0.1) is 0 Å². The maximum absolute atomic E-state index is 4.57. The first-order valence-electron chi connectivity index (χ1n) is 7.14. The van der Waals surface area contributed by atoms with Gasteiger partial charge in [-0.1, -0.05) is 0 Å². The predicted octanol–water partition coefficient (Wildman–Crippen LogP) is 2.11. The number of aromatic nitrogens is 2. The lowest BCUT2D eigenvalue weighted by Crippen LogP contribution is -2.38. The van der Waals surface area contributed by atoms with Crippen molar-refractivity contribution in [1.29, 1.82) is 0 Å². The summed E-state index contributed by atoms with van der Waals surface area (Å²) >= 11 is 0. The van der Waals surface area contributed by atoms with Crippen LogP contribution in [0.1, 0.15) is 44.7 Å². The minimum absolute atomic E-state index is 0.600. The van der Waals surface area contributed by atoms with E-state index in [9.17, 15) is 0 Å². The summed E-state index contributed by atoms with van der Waals surface area (Å²) in [5.41, 5.74) is 1.05. The quantitative estimate of drug-likeness (QED) is 0.883. The molecule has 18 heavy (non-hydrogen) atoms. The Morgan fingerprint density at radius 1 is 1.22 bits per heavy atom. The molecule has 2 aliphatic rings. The Hall–Kier alpha value is -1.16. The Morgan fingerprint density at radius 2 is 2.11 bits per heavy atom. The summed E-state index contributed by atoms with van der Waals surface area (Å²) in [6, 6.07) is 1.33. The molecule has 1 aromatic rings. The van der Waals surface area contributed by atoms with E-state index in [-0.39, 0.29) is 0 Å². The molecule has 0 radical (unpaired) electrons. The van der Waals surface area contributed by atoms with E-state index < -0.39 is 0 Å². The Morgan fingerprint density at radius 3 is 2.78 bits per heavy atom. The van der Waals surface area contributed by atoms with Gasteiger partial charge in [-0.2, -0.15) is 0 Å². The summed E-state index contributed by atoms with van der Waals surface area (Å²) in [4.78, 5) is 11.5. The zero-order valence-electron chi connectivity index (χ0n) is 11.1. The summed E-state index contributed by atoms with van der Waals surface area (Å²) < 4.78 is 0. The first kappa shape index (κ1) is 11.9. The highest BCUT2D eigenvalue weighted by Gasteiger charge is 2.21. The third kappa shape index (κ3) is 2.80. The van der Waals surface area contributed by atoms with E-state index in [1.165, 1.54) is 32.1 Å². The van der Waals surface area contributed by atoms with Gasteiger partial charge in [0.15, 0.2) is 0 Å². The van der Waals surface area contributed by atoms with Gasteiger partial charge in [0.05, 0.1) is 18.1 Å². The van der Waals surface area contributed by atoms with E-state index in [0.29, 0.717) is 6.04 Å². The van der Waals surface area contributed by atoms with Crippen LogP contribution in [0.4, 0.5) is 5.82 Å². The van der Waals surface area contributed by atoms with Crippen LogP contribution in [0.2, 0.25) is 0 Å². The van der Waals surface area contributed by atoms with Crippen molar-refractivity contribution in [3.05, 3.63) is 18.1 Å². The molecule has 2 heterocycles. The number of hydrogen-bond acceptors (Lipinski definition) is 4. The number of piperidine rings is 1. The van der Waals surface area contributed by atoms with Crippen LogP contribution in [0.15, 0.2) is 12.4 Å². The molecule has 0 aromatic carbocycles. The van der Waals surface area contributed by atoms with Crippen LogP contribution < -0.4 is 10.2 Å². The molecule has 1 N–H and O–H groups in total. The van der Waals surface area contributed by atoms with E-state index in [1.807, 2.05) is 12.4 Å². The predicted molar refractivity (Wildman–Crippen MR) is 72.6 cm³/mol. The molecule has 1 atom stereocenters. The van der Waals surface area contributed by atoms with Crippen molar-refractivity contribution in [2.75, 3.05) is 11.4 Å². The Bertz CT molecular complexity index is 385. The molecular weight excluding hydrogens is 224 g/mol. The van der Waals surface area contributed by atoms with Gasteiger partial charge in [-0.25, -0.2) is 4.98 Å². The van der Waals surface area contributed by atoms with Crippen LogP contribution in [-0.2, 0) is 6.54 Å². The largest absolute Gasteiger partial charge is 0.353 e. The topological polar surface area (TPSA) is 41.1 Å². The molecule has 0 bridgehead atoms. The van der Waals surface area contributed by atoms with Gasteiger partial charge in [-0.3, -0.25) is 4.98 Å². The first-order valence-corrected chi connectivity index (χ1v) is 7.14. The molecule has 0 amide bonds. The van der Waals surface area contributed by atoms with Gasteiger partial charge in [0, 0.05) is 25.2 Å². The van der Waals surface area contributed by atoms with Crippen molar-refractivity contribution in [3.63, 3.8) is 0 Å². The van der Waals surface area contributed by atoms with Crippen LogP contribution in [0.25, 0.3) is 0 Å². The lowest BCUT2D eigenvalue weighted by molar-refractivity contribution is 0.480. The summed E-state index contributed by atoms with van der Waals surface area (Å²) in [5.74, 6) is 1.04. The summed E-state index contributed by atoms with van der Waals surface area (Å²) in [7, 11) is 0. The number of nitrogens with one attached hydrogen (secondary N) is 1. The molecule has 4 heteroatoms. The maximum Gasteiger partial charge on any atom is 0.147 e. The zero-order valence-corrected chi connectivity index (χ0v) is 11.1. The molecule has 1 unspecified atom stereocenters. The van der Waals surface area contributed by atoms with Crippen molar-refractivity contribution < 1.29 is 0 Å². The lowest BCUT2D eigenvalue weighted by Gasteiger charge is -2.34. The normalized spacial score (nSPS) is 24.3. The lowest BCUT2D eigenvalue weighted by atomic mass is 10.0. The van der Waals surface area contributed by atoms with Gasteiger partial charge in [0.1, 0.15) is 5.82 Å². The fourth-order valence-electron chi connectivity index (χ4n) is 2.56. The van der Waals surface area contributed by atoms with E-state index in [2.05, 4.69) is 27.1 Å². The maximum atomic E-state index is 4.57. The van der Waals surface area contributed by atoms with Gasteiger partial charge in [0.25, 0.3) is 0 Å². The standard InChI is InChI=1S/C14H22N4/c1-11-4-2-3-7-18(11)14-10-16-13(9-17-14)8-15-12-5-6-12/h9-12,15H,2-8H2,1H3. The molecular formula is C14H22N4. The summed E-state index contributed by atoms with van der Waals surface area (Å²) in [5, 5.41) is 3.46. The highest BCUT2D eigenvalue weighted by Crippen LogP contribution is 2.22. The average Bonchev–Trinajstić information content (AvgIpc) is 3.22. The van der Waals surface area contributed by atoms with E-state index in [1.54, 1.807) is 0 Å². The third-order valence-electron chi connectivity index (χ3n) is 3.94. The van der Waals surface area contributed by atoms with Crippen LogP contribution >= 0.6 is 0 Å². The fraction of sp³-hybridized carbons (Fsp3) is 0.714. The van der Waals surface area contributed by atoms with Crippen LogP contribution in [-0.4, -0.2) is 28.6 Å². The van der Waals surface area contributed by atoms with Crippen LogP contribution in [0.3, 0.4) is 0 Å². The molecule has 2 fully saturated rings. The third-order valence-corrected chi connectivity index (χ3v) is 3.94. The molecule has 1 aliphatic carbocycles. The van der Waals surface area contributed by atoms with E-state index in [0.717, 1.165) is 30.6 Å². The summed E-state index contributed by atoms with van der Waals surface area (Å²) in [6.07, 6.45) is 10.4. The molecule has 98 valence electrons. The summed E-state index contributed by atoms with van der Waals surface area (Å²) in [6.45, 7) is 4.26. The highest BCUT2D eigenvalue weighted by molar-refractivity contribution is 5.37. The number of hydrogen-bond donors (Lipinski definition) is 1. The molecule has 1 aromatic heterocycles. The van der Waals surface area contributed by atoms with Crippen molar-refractivity contribution in [3.8, 4) is 0 Å². The molecule has 4 nitrogen and oxygen atoms in total. The van der Waals surface area contributed by atoms with Crippen LogP contribution in [0.5, 0.6) is 0 Å². The SMILES string of the molecule is CC1CCCCN1c1cnc(CNC2CC2)cn1. The van der Waals surface area contributed by atoms with Gasteiger partial charge in [-0.15, -0.1) is 0 Å².